The van der Waals surface area contributed by atoms with Crippen molar-refractivity contribution >= 4 is 40.9 Å². The maximum absolute atomic E-state index is 14.8. The highest BCUT2D eigenvalue weighted by Crippen LogP contribution is 2.43. The SMILES string of the molecule is C[C@H]1C[C@H](n2ncc(C(=O)N(CC(=O)c3c(Cl)cncc3Cl)CC3(F)CC3)c2C(F)(F)F)CC[C@H]1C(=O)O. The van der Waals surface area contributed by atoms with Crippen LogP contribution in [-0.2, 0) is 11.0 Å². The van der Waals surface area contributed by atoms with Crippen LogP contribution in [-0.4, -0.2) is 61.2 Å². The monoisotopic (exact) mass is 578 g/mol. The second-order valence-electron chi connectivity index (χ2n) is 9.95. The van der Waals surface area contributed by atoms with E-state index >= 15 is 0 Å². The normalized spacial score (nSPS) is 22.7. The number of carbonyl (C=O) groups is 3. The number of carboxylic acid groups (broad SMARTS) is 1. The van der Waals surface area contributed by atoms with Gasteiger partial charge in [-0.1, -0.05) is 30.1 Å². The molecule has 2 heterocycles. The van der Waals surface area contributed by atoms with Crippen molar-refractivity contribution in [2.24, 2.45) is 11.8 Å². The minimum atomic E-state index is -5.01. The van der Waals surface area contributed by atoms with E-state index in [0.29, 0.717) is 4.68 Å². The van der Waals surface area contributed by atoms with Gasteiger partial charge in [0.2, 0.25) is 0 Å². The van der Waals surface area contributed by atoms with Gasteiger partial charge in [-0.05, 0) is 38.0 Å². The minimum Gasteiger partial charge on any atom is -0.481 e. The molecule has 2 aromatic rings. The first-order valence-corrected chi connectivity index (χ1v) is 12.7. The molecule has 38 heavy (non-hydrogen) atoms. The number of nitrogens with zero attached hydrogens (tertiary/aromatic N) is 4. The predicted molar refractivity (Wildman–Crippen MR) is 128 cm³/mol. The molecule has 2 aliphatic rings. The fourth-order valence-corrected chi connectivity index (χ4v) is 5.55. The van der Waals surface area contributed by atoms with Crippen molar-refractivity contribution in [2.45, 2.75) is 56.9 Å². The third-order valence-electron chi connectivity index (χ3n) is 7.12. The van der Waals surface area contributed by atoms with Crippen molar-refractivity contribution in [3.8, 4) is 0 Å². The topological polar surface area (TPSA) is 105 Å². The van der Waals surface area contributed by atoms with Gasteiger partial charge < -0.3 is 10.0 Å². The lowest BCUT2D eigenvalue weighted by Crippen LogP contribution is -2.41. The summed E-state index contributed by atoms with van der Waals surface area (Å²) in [5.74, 6) is -4.12. The van der Waals surface area contributed by atoms with E-state index in [2.05, 4.69) is 10.1 Å². The molecule has 0 spiro atoms. The van der Waals surface area contributed by atoms with Gasteiger partial charge >= 0.3 is 12.1 Å². The number of ketones is 1. The molecule has 206 valence electrons. The number of rotatable bonds is 8. The smallest absolute Gasteiger partial charge is 0.433 e. The summed E-state index contributed by atoms with van der Waals surface area (Å²) >= 11 is 12.0. The fraction of sp³-hybridized carbons (Fsp3) is 0.542. The lowest BCUT2D eigenvalue weighted by Gasteiger charge is -2.33. The Labute approximate surface area is 224 Å². The second kappa shape index (κ2) is 10.4. The molecule has 14 heteroatoms. The molecule has 8 nitrogen and oxygen atoms in total. The van der Waals surface area contributed by atoms with Crippen LogP contribution < -0.4 is 0 Å². The first kappa shape index (κ1) is 28.3. The Morgan fingerprint density at radius 1 is 1.16 bits per heavy atom. The van der Waals surface area contributed by atoms with E-state index in [4.69, 9.17) is 23.2 Å². The van der Waals surface area contributed by atoms with E-state index in [9.17, 15) is 37.1 Å². The Balaban J connectivity index is 1.67. The van der Waals surface area contributed by atoms with E-state index in [0.717, 1.165) is 23.5 Å². The van der Waals surface area contributed by atoms with Crippen LogP contribution in [0.5, 0.6) is 0 Å². The standard InChI is InChI=1S/C24H24Cl2F4N4O4/c1-12-6-13(2-3-14(12)22(37)38)34-20(24(28,29)30)15(7-32-34)21(36)33(11-23(27)4-5-23)10-18(35)19-16(25)8-31-9-17(19)26/h7-9,12-14H,2-6,10-11H2,1H3,(H,37,38)/t12-,13+,14+/m0/s1. The number of aromatic nitrogens is 3. The van der Waals surface area contributed by atoms with Gasteiger partial charge in [0.1, 0.15) is 5.67 Å². The number of Topliss-reactive ketones (excluding diaryl/α,β-unsaturated/α-hetero) is 1. The summed E-state index contributed by atoms with van der Waals surface area (Å²) in [6.07, 6.45) is -1.36. The summed E-state index contributed by atoms with van der Waals surface area (Å²) in [7, 11) is 0. The van der Waals surface area contributed by atoms with E-state index < -0.39 is 71.7 Å². The summed E-state index contributed by atoms with van der Waals surface area (Å²) in [6, 6.07) is -0.792. The van der Waals surface area contributed by atoms with Crippen molar-refractivity contribution in [1.82, 2.24) is 19.7 Å². The molecule has 3 atom stereocenters. The average molecular weight is 579 g/mol. The summed E-state index contributed by atoms with van der Waals surface area (Å²) in [4.78, 5) is 42.3. The third kappa shape index (κ3) is 5.80. The second-order valence-corrected chi connectivity index (χ2v) is 10.8. The Kier molecular flexibility index (Phi) is 7.77. The molecule has 0 aliphatic heterocycles. The third-order valence-corrected chi connectivity index (χ3v) is 7.69. The highest BCUT2D eigenvalue weighted by atomic mass is 35.5. The number of pyridine rings is 1. The van der Waals surface area contributed by atoms with Crippen LogP contribution in [0, 0.1) is 11.8 Å². The van der Waals surface area contributed by atoms with Crippen molar-refractivity contribution in [3.63, 3.8) is 0 Å². The van der Waals surface area contributed by atoms with Crippen molar-refractivity contribution in [3.05, 3.63) is 45.5 Å². The van der Waals surface area contributed by atoms with E-state index in [1.807, 2.05) is 0 Å². The predicted octanol–water partition coefficient (Wildman–Crippen LogP) is 5.49. The van der Waals surface area contributed by atoms with Gasteiger partial charge in [0.05, 0.1) is 52.4 Å². The Morgan fingerprint density at radius 2 is 1.79 bits per heavy atom. The maximum Gasteiger partial charge on any atom is 0.433 e. The van der Waals surface area contributed by atoms with Crippen molar-refractivity contribution in [2.75, 3.05) is 13.1 Å². The van der Waals surface area contributed by atoms with Crippen LogP contribution in [0.3, 0.4) is 0 Å². The number of halogens is 6. The zero-order valence-corrected chi connectivity index (χ0v) is 21.7. The van der Waals surface area contributed by atoms with Gasteiger partial charge in [0.25, 0.3) is 5.91 Å². The highest BCUT2D eigenvalue weighted by molar-refractivity contribution is 6.39. The van der Waals surface area contributed by atoms with Gasteiger partial charge in [0.15, 0.2) is 11.5 Å². The summed E-state index contributed by atoms with van der Waals surface area (Å²) in [5, 5.41) is 13.0. The highest BCUT2D eigenvalue weighted by Gasteiger charge is 2.48. The van der Waals surface area contributed by atoms with Crippen LogP contribution in [0.25, 0.3) is 0 Å². The molecule has 2 aromatic heterocycles. The number of alkyl halides is 4. The average Bonchev–Trinajstić information content (AvgIpc) is 3.36. The molecule has 2 aliphatic carbocycles. The lowest BCUT2D eigenvalue weighted by atomic mass is 9.78. The van der Waals surface area contributed by atoms with Gasteiger partial charge in [-0.15, -0.1) is 0 Å². The summed E-state index contributed by atoms with van der Waals surface area (Å²) < 4.78 is 58.4. The van der Waals surface area contributed by atoms with Crippen LogP contribution in [0.4, 0.5) is 17.6 Å². The molecule has 0 unspecified atom stereocenters. The molecular formula is C24H24Cl2F4N4O4. The number of amides is 1. The summed E-state index contributed by atoms with van der Waals surface area (Å²) in [6.45, 7) is 0.283. The van der Waals surface area contributed by atoms with Crippen LogP contribution in [0.15, 0.2) is 18.6 Å². The first-order valence-electron chi connectivity index (χ1n) is 11.9. The molecule has 1 N–H and O–H groups in total. The number of carbonyl (C=O) groups excluding carboxylic acids is 2. The number of aliphatic carboxylic acids is 1. The molecule has 2 fully saturated rings. The Bertz CT molecular complexity index is 1240. The maximum atomic E-state index is 14.8. The van der Waals surface area contributed by atoms with Crippen molar-refractivity contribution < 1.29 is 37.1 Å². The number of hydrogen-bond acceptors (Lipinski definition) is 5. The zero-order valence-electron chi connectivity index (χ0n) is 20.1. The first-order chi connectivity index (χ1) is 17.7. The lowest BCUT2D eigenvalue weighted by molar-refractivity contribution is -0.149. The van der Waals surface area contributed by atoms with Gasteiger partial charge in [-0.2, -0.15) is 18.3 Å². The molecule has 4 rings (SSSR count). The molecule has 2 saturated carbocycles. The fourth-order valence-electron chi connectivity index (χ4n) is 4.97. The summed E-state index contributed by atoms with van der Waals surface area (Å²) in [5.41, 5.74) is -4.15. The van der Waals surface area contributed by atoms with Crippen LogP contribution in [0.2, 0.25) is 10.0 Å². The molecule has 0 radical (unpaired) electrons. The van der Waals surface area contributed by atoms with E-state index in [1.165, 1.54) is 0 Å². The largest absolute Gasteiger partial charge is 0.481 e. The van der Waals surface area contributed by atoms with Crippen molar-refractivity contribution in [1.29, 1.82) is 0 Å². The molecule has 1 amide bonds. The molecule has 0 aromatic carbocycles. The van der Waals surface area contributed by atoms with E-state index in [-0.39, 0.29) is 47.7 Å². The van der Waals surface area contributed by atoms with Crippen LogP contribution >= 0.6 is 23.2 Å². The Morgan fingerprint density at radius 3 is 2.32 bits per heavy atom. The quantitative estimate of drug-likeness (QED) is 0.328. The van der Waals surface area contributed by atoms with Gasteiger partial charge in [-0.3, -0.25) is 24.0 Å². The molecule has 0 bridgehead atoms. The zero-order chi connectivity index (χ0) is 28.0. The van der Waals surface area contributed by atoms with Gasteiger partial charge in [-0.25, -0.2) is 4.39 Å². The van der Waals surface area contributed by atoms with Gasteiger partial charge in [0, 0.05) is 12.4 Å². The number of carboxylic acids is 1. The minimum absolute atomic E-state index is 0.0951. The Hall–Kier alpha value is -2.73. The molecule has 0 saturated heterocycles. The van der Waals surface area contributed by atoms with E-state index in [1.54, 1.807) is 6.92 Å². The van der Waals surface area contributed by atoms with Crippen LogP contribution in [0.1, 0.15) is 71.5 Å². The molecular weight excluding hydrogens is 555 g/mol. The number of hydrogen-bond donors (Lipinski definition) is 1.